The maximum Gasteiger partial charge on any atom is 0.128 e. The van der Waals surface area contributed by atoms with E-state index in [1.807, 2.05) is 48.7 Å². The van der Waals surface area contributed by atoms with E-state index < -0.39 is 6.10 Å². The minimum absolute atomic E-state index is 0. The summed E-state index contributed by atoms with van der Waals surface area (Å²) < 4.78 is 10.8. The molecule has 0 bridgehead atoms. The van der Waals surface area contributed by atoms with Crippen LogP contribution in [-0.2, 0) is 0 Å². The Morgan fingerprint density at radius 1 is 1.08 bits per heavy atom. The summed E-state index contributed by atoms with van der Waals surface area (Å²) in [6, 6.07) is 13.4. The second kappa shape index (κ2) is 10.2. The van der Waals surface area contributed by atoms with Gasteiger partial charge < -0.3 is 31.9 Å². The number of methoxy groups -OCH3 is 1. The van der Waals surface area contributed by atoms with Crippen LogP contribution in [0.15, 0.2) is 48.7 Å². The fraction of sp³-hybridized carbons (Fsp3) is 0.421. The zero-order valence-corrected chi connectivity index (χ0v) is 15.7. The number of anilines is 1. The molecule has 2 aromatic rings. The summed E-state index contributed by atoms with van der Waals surface area (Å²) in [7, 11) is 1.62. The highest BCUT2D eigenvalue weighted by atomic mass is 35.5. The Bertz CT molecular complexity index is 651. The van der Waals surface area contributed by atoms with Crippen molar-refractivity contribution in [3.05, 3.63) is 48.7 Å². The molecule has 1 fully saturated rings. The minimum Gasteiger partial charge on any atom is -1.00 e. The number of aliphatic hydroxyl groups is 1. The first-order chi connectivity index (χ1) is 12.2. The van der Waals surface area contributed by atoms with Crippen molar-refractivity contribution < 1.29 is 27.0 Å². The number of ether oxygens (including phenoxy) is 2. The van der Waals surface area contributed by atoms with Crippen molar-refractivity contribution in [1.82, 2.24) is 9.88 Å². The Morgan fingerprint density at radius 2 is 1.85 bits per heavy atom. The second-order valence-electron chi connectivity index (χ2n) is 6.12. The number of β-amino-alcohol motifs (C(OH)–C–C–N with tert-alkyl or cyclic N) is 1. The Morgan fingerprint density at radius 3 is 2.54 bits per heavy atom. The number of piperazine rings is 1. The zero-order chi connectivity index (χ0) is 17.5. The molecule has 1 aromatic heterocycles. The van der Waals surface area contributed by atoms with E-state index in [2.05, 4.69) is 14.8 Å². The largest absolute Gasteiger partial charge is 1.00 e. The fourth-order valence-electron chi connectivity index (χ4n) is 2.93. The van der Waals surface area contributed by atoms with Crippen LogP contribution in [0.4, 0.5) is 5.82 Å². The van der Waals surface area contributed by atoms with Gasteiger partial charge in [-0.1, -0.05) is 12.1 Å². The van der Waals surface area contributed by atoms with E-state index in [9.17, 15) is 5.11 Å². The van der Waals surface area contributed by atoms with Crippen molar-refractivity contribution in [3.8, 4) is 11.5 Å². The van der Waals surface area contributed by atoms with Crippen molar-refractivity contribution in [3.63, 3.8) is 0 Å². The van der Waals surface area contributed by atoms with Gasteiger partial charge in [0.15, 0.2) is 0 Å². The molecule has 2 heterocycles. The number of halogens is 1. The first-order valence-electron chi connectivity index (χ1n) is 8.58. The van der Waals surface area contributed by atoms with E-state index in [1.165, 1.54) is 0 Å². The van der Waals surface area contributed by atoms with Gasteiger partial charge in [0.2, 0.25) is 0 Å². The highest BCUT2D eigenvalue weighted by Gasteiger charge is 2.20. The third kappa shape index (κ3) is 5.76. The summed E-state index contributed by atoms with van der Waals surface area (Å²) in [6.45, 7) is 4.54. The molecule has 1 aromatic carbocycles. The van der Waals surface area contributed by atoms with E-state index in [1.54, 1.807) is 7.11 Å². The lowest BCUT2D eigenvalue weighted by molar-refractivity contribution is -0.00000773. The van der Waals surface area contributed by atoms with Crippen molar-refractivity contribution in [2.24, 2.45) is 0 Å². The van der Waals surface area contributed by atoms with Gasteiger partial charge in [0.1, 0.15) is 30.0 Å². The molecule has 0 aliphatic carbocycles. The SMILES string of the molecule is COc1cccc(OCC(O)CN2CCN(c3ccccn3)CC2)c1.[Cl-]. The smallest absolute Gasteiger partial charge is 0.128 e. The van der Waals surface area contributed by atoms with Gasteiger partial charge in [-0.2, -0.15) is 0 Å². The van der Waals surface area contributed by atoms with E-state index in [0.717, 1.165) is 37.7 Å². The number of pyridine rings is 1. The molecule has 26 heavy (non-hydrogen) atoms. The van der Waals surface area contributed by atoms with Crippen LogP contribution in [0.5, 0.6) is 11.5 Å². The molecule has 1 atom stereocenters. The number of hydrogen-bond donors (Lipinski definition) is 1. The predicted molar refractivity (Wildman–Crippen MR) is 97.4 cm³/mol. The Hall–Kier alpha value is -2.02. The maximum absolute atomic E-state index is 10.2. The third-order valence-corrected chi connectivity index (χ3v) is 4.30. The molecule has 0 saturated carbocycles. The van der Waals surface area contributed by atoms with Gasteiger partial charge in [0.25, 0.3) is 0 Å². The van der Waals surface area contributed by atoms with Gasteiger partial charge in [-0.3, -0.25) is 4.90 Å². The Balaban J connectivity index is 0.00000243. The highest BCUT2D eigenvalue weighted by molar-refractivity contribution is 5.38. The molecular formula is C19H25ClN3O3-. The number of nitrogens with zero attached hydrogens (tertiary/aromatic N) is 3. The molecule has 3 rings (SSSR count). The van der Waals surface area contributed by atoms with Crippen LogP contribution in [0, 0.1) is 0 Å². The molecular weight excluding hydrogens is 354 g/mol. The molecule has 7 heteroatoms. The summed E-state index contributed by atoms with van der Waals surface area (Å²) in [5, 5.41) is 10.2. The average molecular weight is 379 g/mol. The van der Waals surface area contributed by atoms with Crippen molar-refractivity contribution in [2.75, 3.05) is 51.3 Å². The van der Waals surface area contributed by atoms with Gasteiger partial charge in [-0.05, 0) is 24.3 Å². The predicted octanol–water partition coefficient (Wildman–Crippen LogP) is -1.34. The van der Waals surface area contributed by atoms with Crippen LogP contribution in [0.1, 0.15) is 0 Å². The standard InChI is InChI=1S/C19H25N3O3.ClH/c1-24-17-5-4-6-18(13-17)25-15-16(23)14-21-9-11-22(12-10-21)19-7-2-3-8-20-19;/h2-8,13,16,23H,9-12,14-15H2,1H3;1H/p-1. The maximum atomic E-state index is 10.2. The number of aliphatic hydroxyl groups excluding tert-OH is 1. The topological polar surface area (TPSA) is 58.1 Å². The Labute approximate surface area is 160 Å². The van der Waals surface area contributed by atoms with E-state index >= 15 is 0 Å². The Kier molecular flexibility index (Phi) is 7.97. The summed E-state index contributed by atoms with van der Waals surface area (Å²) in [5.74, 6) is 2.47. The molecule has 0 amide bonds. The number of rotatable bonds is 7. The first kappa shape index (κ1) is 20.3. The summed E-state index contributed by atoms with van der Waals surface area (Å²) in [4.78, 5) is 8.93. The first-order valence-corrected chi connectivity index (χ1v) is 8.58. The van der Waals surface area contributed by atoms with Gasteiger partial charge in [-0.25, -0.2) is 4.98 Å². The van der Waals surface area contributed by atoms with Gasteiger partial charge in [0.05, 0.1) is 7.11 Å². The molecule has 0 radical (unpaired) electrons. The van der Waals surface area contributed by atoms with Gasteiger partial charge in [-0.15, -0.1) is 0 Å². The molecule has 0 spiro atoms. The normalized spacial score (nSPS) is 15.8. The third-order valence-electron chi connectivity index (χ3n) is 4.30. The molecule has 1 N–H and O–H groups in total. The van der Waals surface area contributed by atoms with Crippen LogP contribution in [-0.4, -0.2) is 67.5 Å². The van der Waals surface area contributed by atoms with E-state index in [0.29, 0.717) is 12.3 Å². The molecule has 1 unspecified atom stereocenters. The number of benzene rings is 1. The molecule has 1 aliphatic rings. The van der Waals surface area contributed by atoms with Crippen molar-refractivity contribution >= 4 is 5.82 Å². The van der Waals surface area contributed by atoms with Gasteiger partial charge >= 0.3 is 0 Å². The quantitative estimate of drug-likeness (QED) is 0.643. The zero-order valence-electron chi connectivity index (χ0n) is 14.9. The fourth-order valence-corrected chi connectivity index (χ4v) is 2.93. The molecule has 142 valence electrons. The summed E-state index contributed by atoms with van der Waals surface area (Å²) in [6.07, 6.45) is 1.30. The van der Waals surface area contributed by atoms with E-state index in [-0.39, 0.29) is 19.0 Å². The van der Waals surface area contributed by atoms with Crippen molar-refractivity contribution in [1.29, 1.82) is 0 Å². The van der Waals surface area contributed by atoms with Crippen LogP contribution in [0.2, 0.25) is 0 Å². The molecule has 1 saturated heterocycles. The van der Waals surface area contributed by atoms with Crippen LogP contribution < -0.4 is 26.8 Å². The average Bonchev–Trinajstić information content (AvgIpc) is 2.68. The monoisotopic (exact) mass is 378 g/mol. The summed E-state index contributed by atoms with van der Waals surface area (Å²) in [5.41, 5.74) is 0. The lowest BCUT2D eigenvalue weighted by atomic mass is 10.2. The van der Waals surface area contributed by atoms with Crippen LogP contribution in [0.25, 0.3) is 0 Å². The van der Waals surface area contributed by atoms with E-state index in [4.69, 9.17) is 9.47 Å². The molecule has 1 aliphatic heterocycles. The summed E-state index contributed by atoms with van der Waals surface area (Å²) >= 11 is 0. The second-order valence-corrected chi connectivity index (χ2v) is 6.12. The van der Waals surface area contributed by atoms with Crippen LogP contribution >= 0.6 is 0 Å². The van der Waals surface area contributed by atoms with Crippen LogP contribution in [0.3, 0.4) is 0 Å². The lowest BCUT2D eigenvalue weighted by Crippen LogP contribution is -3.00. The van der Waals surface area contributed by atoms with Crippen molar-refractivity contribution in [2.45, 2.75) is 6.10 Å². The number of aromatic nitrogens is 1. The number of hydrogen-bond acceptors (Lipinski definition) is 6. The minimum atomic E-state index is -0.521. The lowest BCUT2D eigenvalue weighted by Gasteiger charge is -2.36. The molecule has 6 nitrogen and oxygen atoms in total. The van der Waals surface area contributed by atoms with Gasteiger partial charge in [0, 0.05) is 45.0 Å². The highest BCUT2D eigenvalue weighted by Crippen LogP contribution is 2.19.